The van der Waals surface area contributed by atoms with Gasteiger partial charge in [-0.15, -0.1) is 0 Å². The largest absolute Gasteiger partial charge is 0.329 e. The van der Waals surface area contributed by atoms with E-state index in [0.717, 1.165) is 17.5 Å². The fraction of sp³-hybridized carbons (Fsp3) is 0.462. The first-order valence-electron chi connectivity index (χ1n) is 5.61. The van der Waals surface area contributed by atoms with Crippen molar-refractivity contribution in [2.75, 3.05) is 5.32 Å². The normalized spacial score (nSPS) is 25.1. The topological polar surface area (TPSA) is 29.1 Å². The van der Waals surface area contributed by atoms with Gasteiger partial charge in [-0.2, -0.15) is 0 Å². The molecule has 1 saturated carbocycles. The van der Waals surface area contributed by atoms with E-state index in [1.54, 1.807) is 0 Å². The van der Waals surface area contributed by atoms with Crippen molar-refractivity contribution in [2.45, 2.75) is 32.1 Å². The molecule has 2 rings (SSSR count). The highest BCUT2D eigenvalue weighted by Gasteiger charge is 2.24. The van der Waals surface area contributed by atoms with Crippen LogP contribution in [0.3, 0.4) is 0 Å². The summed E-state index contributed by atoms with van der Waals surface area (Å²) in [7, 11) is 0. The number of rotatable bonds is 3. The number of carbonyl (C=O) groups excluding carboxylic acids is 1. The van der Waals surface area contributed by atoms with Gasteiger partial charge in [-0.05, 0) is 36.0 Å². The molecule has 0 saturated heterocycles. The van der Waals surface area contributed by atoms with Gasteiger partial charge in [-0.1, -0.05) is 31.9 Å². The Hall–Kier alpha value is -1.31. The van der Waals surface area contributed by atoms with Gasteiger partial charge in [-0.3, -0.25) is 4.79 Å². The lowest BCUT2D eigenvalue weighted by Gasteiger charge is -2.15. The van der Waals surface area contributed by atoms with Crippen LogP contribution in [0, 0.1) is 5.92 Å². The molecule has 80 valence electrons. The number of carbonyl (C=O) groups is 1. The maximum absolute atomic E-state index is 10.3. The molecular weight excluding hydrogens is 186 g/mol. The van der Waals surface area contributed by atoms with Crippen LogP contribution in [0.1, 0.15) is 37.7 Å². The lowest BCUT2D eigenvalue weighted by Crippen LogP contribution is -2.02. The maximum atomic E-state index is 10.3. The first-order chi connectivity index (χ1) is 7.31. The van der Waals surface area contributed by atoms with E-state index in [2.05, 4.69) is 24.4 Å². The Labute approximate surface area is 90.7 Å². The Balaban J connectivity index is 2.12. The van der Waals surface area contributed by atoms with Crippen molar-refractivity contribution in [3.05, 3.63) is 29.8 Å². The van der Waals surface area contributed by atoms with Crippen LogP contribution in [0.15, 0.2) is 24.3 Å². The number of benzene rings is 1. The van der Waals surface area contributed by atoms with Crippen LogP contribution in [-0.4, -0.2) is 6.41 Å². The van der Waals surface area contributed by atoms with Gasteiger partial charge in [0.1, 0.15) is 0 Å². The first kappa shape index (κ1) is 10.2. The van der Waals surface area contributed by atoms with Gasteiger partial charge in [0, 0.05) is 5.69 Å². The SMILES string of the molecule is CC1CCCC1c1ccc(NC=O)cc1. The van der Waals surface area contributed by atoms with Crippen molar-refractivity contribution in [1.82, 2.24) is 0 Å². The van der Waals surface area contributed by atoms with E-state index in [1.165, 1.54) is 24.8 Å². The molecule has 1 aliphatic rings. The second-order valence-electron chi connectivity index (χ2n) is 4.40. The van der Waals surface area contributed by atoms with Gasteiger partial charge in [0.15, 0.2) is 0 Å². The number of hydrogen-bond acceptors (Lipinski definition) is 1. The maximum Gasteiger partial charge on any atom is 0.211 e. The van der Waals surface area contributed by atoms with Crippen molar-refractivity contribution in [2.24, 2.45) is 5.92 Å². The predicted octanol–water partition coefficient (Wildman–Crippen LogP) is 3.16. The van der Waals surface area contributed by atoms with Crippen LogP contribution >= 0.6 is 0 Å². The molecule has 0 bridgehead atoms. The molecule has 2 atom stereocenters. The van der Waals surface area contributed by atoms with Gasteiger partial charge in [0.05, 0.1) is 0 Å². The minimum Gasteiger partial charge on any atom is -0.329 e. The molecule has 15 heavy (non-hydrogen) atoms. The number of amides is 1. The molecule has 1 aromatic carbocycles. The minimum absolute atomic E-state index is 0.715. The quantitative estimate of drug-likeness (QED) is 0.751. The summed E-state index contributed by atoms with van der Waals surface area (Å²) in [5, 5.41) is 2.66. The zero-order chi connectivity index (χ0) is 10.7. The van der Waals surface area contributed by atoms with E-state index in [0.29, 0.717) is 6.41 Å². The van der Waals surface area contributed by atoms with Crippen molar-refractivity contribution in [3.8, 4) is 0 Å². The molecule has 0 spiro atoms. The number of hydrogen-bond donors (Lipinski definition) is 1. The second-order valence-corrected chi connectivity index (χ2v) is 4.40. The molecule has 1 amide bonds. The van der Waals surface area contributed by atoms with E-state index >= 15 is 0 Å². The lowest BCUT2D eigenvalue weighted by molar-refractivity contribution is -0.105. The highest BCUT2D eigenvalue weighted by atomic mass is 16.1. The molecule has 0 heterocycles. The third-order valence-electron chi connectivity index (χ3n) is 3.43. The average Bonchev–Trinajstić information content (AvgIpc) is 2.66. The lowest BCUT2D eigenvalue weighted by atomic mass is 9.90. The van der Waals surface area contributed by atoms with E-state index in [1.807, 2.05) is 12.1 Å². The van der Waals surface area contributed by atoms with E-state index in [-0.39, 0.29) is 0 Å². The Morgan fingerprint density at radius 3 is 2.53 bits per heavy atom. The molecule has 2 nitrogen and oxygen atoms in total. The van der Waals surface area contributed by atoms with Crippen molar-refractivity contribution < 1.29 is 4.79 Å². The van der Waals surface area contributed by atoms with Crippen LogP contribution < -0.4 is 5.32 Å². The fourth-order valence-electron chi connectivity index (χ4n) is 2.54. The summed E-state index contributed by atoms with van der Waals surface area (Å²) in [6, 6.07) is 8.24. The van der Waals surface area contributed by atoms with Gasteiger partial charge in [-0.25, -0.2) is 0 Å². The third kappa shape index (κ3) is 2.20. The van der Waals surface area contributed by atoms with Gasteiger partial charge in [0.2, 0.25) is 6.41 Å². The molecule has 0 aromatic heterocycles. The molecule has 1 N–H and O–H groups in total. The van der Waals surface area contributed by atoms with E-state index in [4.69, 9.17) is 0 Å². The molecule has 2 heteroatoms. The minimum atomic E-state index is 0.715. The van der Waals surface area contributed by atoms with Crippen LogP contribution in [0.25, 0.3) is 0 Å². The van der Waals surface area contributed by atoms with Crippen LogP contribution in [-0.2, 0) is 4.79 Å². The van der Waals surface area contributed by atoms with E-state index < -0.39 is 0 Å². The zero-order valence-electron chi connectivity index (χ0n) is 9.07. The van der Waals surface area contributed by atoms with Crippen molar-refractivity contribution in [1.29, 1.82) is 0 Å². The standard InChI is InChI=1S/C13H17NO/c1-10-3-2-4-13(10)11-5-7-12(8-6-11)14-9-15/h5-10,13H,2-4H2,1H3,(H,14,15). The monoisotopic (exact) mass is 203 g/mol. The zero-order valence-corrected chi connectivity index (χ0v) is 9.07. The summed E-state index contributed by atoms with van der Waals surface area (Å²) in [5.74, 6) is 1.52. The molecule has 2 unspecified atom stereocenters. The average molecular weight is 203 g/mol. The van der Waals surface area contributed by atoms with Crippen LogP contribution in [0.5, 0.6) is 0 Å². The van der Waals surface area contributed by atoms with E-state index in [9.17, 15) is 4.79 Å². The summed E-state index contributed by atoms with van der Waals surface area (Å²) in [4.78, 5) is 10.3. The summed E-state index contributed by atoms with van der Waals surface area (Å²) >= 11 is 0. The molecular formula is C13H17NO. The highest BCUT2D eigenvalue weighted by Crippen LogP contribution is 2.39. The Kier molecular flexibility index (Phi) is 3.05. The van der Waals surface area contributed by atoms with Gasteiger partial charge >= 0.3 is 0 Å². The summed E-state index contributed by atoms with van der Waals surface area (Å²) in [5.41, 5.74) is 2.29. The molecule has 1 aliphatic carbocycles. The second kappa shape index (κ2) is 4.47. The highest BCUT2D eigenvalue weighted by molar-refractivity contribution is 5.71. The van der Waals surface area contributed by atoms with Crippen molar-refractivity contribution in [3.63, 3.8) is 0 Å². The number of nitrogens with one attached hydrogen (secondary N) is 1. The first-order valence-corrected chi connectivity index (χ1v) is 5.61. The molecule has 0 radical (unpaired) electrons. The Morgan fingerprint density at radius 2 is 2.00 bits per heavy atom. The smallest absolute Gasteiger partial charge is 0.211 e. The fourth-order valence-corrected chi connectivity index (χ4v) is 2.54. The van der Waals surface area contributed by atoms with Crippen molar-refractivity contribution >= 4 is 12.1 Å². The predicted molar refractivity (Wildman–Crippen MR) is 61.9 cm³/mol. The Bertz CT molecular complexity index is 331. The summed E-state index contributed by atoms with van der Waals surface area (Å²) in [6.07, 6.45) is 4.72. The summed E-state index contributed by atoms with van der Waals surface area (Å²) in [6.45, 7) is 2.33. The molecule has 0 aliphatic heterocycles. The van der Waals surface area contributed by atoms with Crippen LogP contribution in [0.2, 0.25) is 0 Å². The Morgan fingerprint density at radius 1 is 1.27 bits per heavy atom. The summed E-state index contributed by atoms with van der Waals surface area (Å²) < 4.78 is 0. The van der Waals surface area contributed by atoms with Gasteiger partial charge < -0.3 is 5.32 Å². The van der Waals surface area contributed by atoms with Gasteiger partial charge in [0.25, 0.3) is 0 Å². The molecule has 1 fully saturated rings. The van der Waals surface area contributed by atoms with Crippen LogP contribution in [0.4, 0.5) is 5.69 Å². The third-order valence-corrected chi connectivity index (χ3v) is 3.43. The number of anilines is 1. The molecule has 1 aromatic rings.